The van der Waals surface area contributed by atoms with Gasteiger partial charge in [-0.1, -0.05) is 46.6 Å². The first-order valence-electron chi connectivity index (χ1n) is 5.72. The van der Waals surface area contributed by atoms with Crippen molar-refractivity contribution in [2.75, 3.05) is 5.73 Å². The highest BCUT2D eigenvalue weighted by molar-refractivity contribution is 7.14. The molecule has 3 nitrogen and oxygen atoms in total. The van der Waals surface area contributed by atoms with E-state index in [1.807, 2.05) is 42.6 Å². The summed E-state index contributed by atoms with van der Waals surface area (Å²) in [5.41, 5.74) is 9.56. The number of nitrogens with zero attached hydrogens (tertiary/aromatic N) is 1. The predicted molar refractivity (Wildman–Crippen MR) is 79.4 cm³/mol. The SMILES string of the molecule is Cc1ccc(-c2c(-c3sccc3Cl)noc2N)cc1. The summed E-state index contributed by atoms with van der Waals surface area (Å²) in [6.07, 6.45) is 0. The maximum atomic E-state index is 6.16. The van der Waals surface area contributed by atoms with Gasteiger partial charge in [-0.2, -0.15) is 0 Å². The molecule has 3 aromatic rings. The largest absolute Gasteiger partial charge is 0.367 e. The molecule has 0 aliphatic heterocycles. The second kappa shape index (κ2) is 4.72. The van der Waals surface area contributed by atoms with Crippen molar-refractivity contribution in [2.45, 2.75) is 6.92 Å². The number of aryl methyl sites for hydroxylation is 1. The summed E-state index contributed by atoms with van der Waals surface area (Å²) in [5, 5.41) is 6.62. The third-order valence-electron chi connectivity index (χ3n) is 2.89. The third kappa shape index (κ3) is 2.13. The molecule has 2 N–H and O–H groups in total. The fourth-order valence-electron chi connectivity index (χ4n) is 1.92. The molecule has 0 bridgehead atoms. The minimum atomic E-state index is 0.309. The van der Waals surface area contributed by atoms with Crippen molar-refractivity contribution in [3.8, 4) is 21.7 Å². The van der Waals surface area contributed by atoms with Gasteiger partial charge in [0, 0.05) is 0 Å². The standard InChI is InChI=1S/C14H11ClN2OS/c1-8-2-4-9(5-3-8)11-12(17-18-14(11)16)13-10(15)6-7-19-13/h2-7H,16H2,1H3. The summed E-state index contributed by atoms with van der Waals surface area (Å²) in [5.74, 6) is 0.309. The van der Waals surface area contributed by atoms with E-state index in [1.54, 1.807) is 0 Å². The van der Waals surface area contributed by atoms with Crippen molar-refractivity contribution in [1.82, 2.24) is 5.16 Å². The molecule has 19 heavy (non-hydrogen) atoms. The summed E-state index contributed by atoms with van der Waals surface area (Å²) in [6.45, 7) is 2.04. The number of benzene rings is 1. The Bertz CT molecular complexity index is 715. The molecule has 0 aliphatic rings. The molecule has 0 aliphatic carbocycles. The van der Waals surface area contributed by atoms with Crippen LogP contribution in [0, 0.1) is 6.92 Å². The number of nitrogens with two attached hydrogens (primary N) is 1. The van der Waals surface area contributed by atoms with Crippen LogP contribution < -0.4 is 5.73 Å². The number of halogens is 1. The number of hydrogen-bond acceptors (Lipinski definition) is 4. The van der Waals surface area contributed by atoms with Gasteiger partial charge in [0.25, 0.3) is 0 Å². The molecule has 0 saturated heterocycles. The van der Waals surface area contributed by atoms with Gasteiger partial charge in [0.1, 0.15) is 5.69 Å². The maximum absolute atomic E-state index is 6.16. The Balaban J connectivity index is 2.19. The molecule has 0 saturated carbocycles. The highest BCUT2D eigenvalue weighted by Crippen LogP contribution is 2.41. The quantitative estimate of drug-likeness (QED) is 0.749. The lowest BCUT2D eigenvalue weighted by molar-refractivity contribution is 0.439. The van der Waals surface area contributed by atoms with Crippen molar-refractivity contribution in [3.63, 3.8) is 0 Å². The van der Waals surface area contributed by atoms with Gasteiger partial charge in [-0.15, -0.1) is 11.3 Å². The van der Waals surface area contributed by atoms with Crippen molar-refractivity contribution < 1.29 is 4.52 Å². The Hall–Kier alpha value is -1.78. The summed E-state index contributed by atoms with van der Waals surface area (Å²) < 4.78 is 5.13. The van der Waals surface area contributed by atoms with E-state index in [-0.39, 0.29) is 0 Å². The Morgan fingerprint density at radius 1 is 1.21 bits per heavy atom. The van der Waals surface area contributed by atoms with E-state index in [9.17, 15) is 0 Å². The molecular formula is C14H11ClN2OS. The zero-order valence-corrected chi connectivity index (χ0v) is 11.8. The Morgan fingerprint density at radius 3 is 2.58 bits per heavy atom. The second-order valence-corrected chi connectivity index (χ2v) is 5.56. The topological polar surface area (TPSA) is 52.0 Å². The van der Waals surface area contributed by atoms with Gasteiger partial charge in [-0.3, -0.25) is 0 Å². The molecule has 0 radical (unpaired) electrons. The van der Waals surface area contributed by atoms with E-state index in [2.05, 4.69) is 5.16 Å². The molecule has 0 atom stereocenters. The van der Waals surface area contributed by atoms with Gasteiger partial charge in [0.15, 0.2) is 0 Å². The van der Waals surface area contributed by atoms with Crippen LogP contribution >= 0.6 is 22.9 Å². The fraction of sp³-hybridized carbons (Fsp3) is 0.0714. The lowest BCUT2D eigenvalue weighted by Crippen LogP contribution is -1.87. The first-order chi connectivity index (χ1) is 9.16. The van der Waals surface area contributed by atoms with E-state index in [4.69, 9.17) is 21.9 Å². The van der Waals surface area contributed by atoms with Crippen LogP contribution in [0.2, 0.25) is 5.02 Å². The lowest BCUT2D eigenvalue weighted by Gasteiger charge is -2.02. The molecular weight excluding hydrogens is 280 g/mol. The molecule has 0 spiro atoms. The van der Waals surface area contributed by atoms with E-state index < -0.39 is 0 Å². The van der Waals surface area contributed by atoms with Crippen LogP contribution in [0.15, 0.2) is 40.2 Å². The zero-order chi connectivity index (χ0) is 13.4. The van der Waals surface area contributed by atoms with E-state index in [0.29, 0.717) is 16.6 Å². The highest BCUT2D eigenvalue weighted by Gasteiger charge is 2.20. The number of rotatable bonds is 2. The molecule has 0 amide bonds. The minimum Gasteiger partial charge on any atom is -0.367 e. The van der Waals surface area contributed by atoms with Gasteiger partial charge in [0.2, 0.25) is 5.88 Å². The van der Waals surface area contributed by atoms with Crippen molar-refractivity contribution in [1.29, 1.82) is 0 Å². The zero-order valence-electron chi connectivity index (χ0n) is 10.2. The van der Waals surface area contributed by atoms with Crippen molar-refractivity contribution in [2.24, 2.45) is 0 Å². The average Bonchev–Trinajstić information content (AvgIpc) is 2.97. The van der Waals surface area contributed by atoms with Gasteiger partial charge in [-0.25, -0.2) is 0 Å². The highest BCUT2D eigenvalue weighted by atomic mass is 35.5. The summed E-state index contributed by atoms with van der Waals surface area (Å²) in [6, 6.07) is 9.90. The van der Waals surface area contributed by atoms with Gasteiger partial charge >= 0.3 is 0 Å². The van der Waals surface area contributed by atoms with Crippen LogP contribution in [0.1, 0.15) is 5.56 Å². The second-order valence-electron chi connectivity index (χ2n) is 4.23. The van der Waals surface area contributed by atoms with Gasteiger partial charge in [-0.05, 0) is 23.9 Å². The maximum Gasteiger partial charge on any atom is 0.230 e. The molecule has 2 heterocycles. The van der Waals surface area contributed by atoms with Crippen LogP contribution in [0.3, 0.4) is 0 Å². The van der Waals surface area contributed by atoms with Gasteiger partial charge in [0.05, 0.1) is 15.5 Å². The minimum absolute atomic E-state index is 0.309. The number of nitrogen functional groups attached to an aromatic ring is 1. The van der Waals surface area contributed by atoms with E-state index in [1.165, 1.54) is 16.9 Å². The van der Waals surface area contributed by atoms with Crippen LogP contribution in [-0.2, 0) is 0 Å². The monoisotopic (exact) mass is 290 g/mol. The summed E-state index contributed by atoms with van der Waals surface area (Å²) in [4.78, 5) is 0.873. The summed E-state index contributed by atoms with van der Waals surface area (Å²) >= 11 is 7.67. The molecule has 0 unspecified atom stereocenters. The summed E-state index contributed by atoms with van der Waals surface area (Å²) in [7, 11) is 0. The average molecular weight is 291 g/mol. The molecule has 3 rings (SSSR count). The normalized spacial score (nSPS) is 10.8. The number of hydrogen-bond donors (Lipinski definition) is 1. The van der Waals surface area contributed by atoms with E-state index >= 15 is 0 Å². The third-order valence-corrected chi connectivity index (χ3v) is 4.24. The van der Waals surface area contributed by atoms with Crippen LogP contribution in [-0.4, -0.2) is 5.16 Å². The number of aromatic nitrogens is 1. The van der Waals surface area contributed by atoms with Crippen molar-refractivity contribution in [3.05, 3.63) is 46.3 Å². The number of thiophene rings is 1. The Kier molecular flexibility index (Phi) is 3.05. The molecule has 96 valence electrons. The van der Waals surface area contributed by atoms with Gasteiger partial charge < -0.3 is 10.3 Å². The fourth-order valence-corrected chi connectivity index (χ4v) is 3.05. The van der Waals surface area contributed by atoms with E-state index in [0.717, 1.165) is 16.0 Å². The Labute approximate surface area is 119 Å². The van der Waals surface area contributed by atoms with Crippen LogP contribution in [0.5, 0.6) is 0 Å². The predicted octanol–water partition coefficient (Wildman–Crippen LogP) is 4.61. The first-order valence-corrected chi connectivity index (χ1v) is 6.98. The molecule has 0 fully saturated rings. The molecule has 1 aromatic carbocycles. The Morgan fingerprint density at radius 2 is 1.95 bits per heavy atom. The molecule has 5 heteroatoms. The number of anilines is 1. The van der Waals surface area contributed by atoms with Crippen LogP contribution in [0.25, 0.3) is 21.7 Å². The van der Waals surface area contributed by atoms with Crippen molar-refractivity contribution >= 4 is 28.8 Å². The molecule has 2 aromatic heterocycles. The first kappa shape index (κ1) is 12.3. The van der Waals surface area contributed by atoms with Crippen LogP contribution in [0.4, 0.5) is 5.88 Å². The smallest absolute Gasteiger partial charge is 0.230 e. The lowest BCUT2D eigenvalue weighted by atomic mass is 10.0.